The molecule has 4 rings (SSSR count). The summed E-state index contributed by atoms with van der Waals surface area (Å²) in [6.45, 7) is 0. The molecule has 3 aromatic carbocycles. The average Bonchev–Trinajstić information content (AvgIpc) is 3.05. The molecule has 3 nitrogen and oxygen atoms in total. The van der Waals surface area contributed by atoms with Gasteiger partial charge < -0.3 is 0 Å². The lowest BCUT2D eigenvalue weighted by Crippen LogP contribution is -1.93. The minimum Gasteiger partial charge on any atom is -0.220 e. The first kappa shape index (κ1) is 11.9. The Hall–Kier alpha value is -2.94. The van der Waals surface area contributed by atoms with Gasteiger partial charge >= 0.3 is 0 Å². The fourth-order valence-electron chi connectivity index (χ4n) is 2.45. The SMILES string of the molecule is c1ccc(-n2cc(-c3ccc4ccccc4c3)nn2)cc1. The first-order valence-corrected chi connectivity index (χ1v) is 6.87. The van der Waals surface area contributed by atoms with Crippen LogP contribution in [0.5, 0.6) is 0 Å². The Balaban J connectivity index is 1.77. The van der Waals surface area contributed by atoms with Crippen LogP contribution in [0.1, 0.15) is 0 Å². The number of nitrogens with zero attached hydrogens (tertiary/aromatic N) is 3. The lowest BCUT2D eigenvalue weighted by atomic mass is 10.1. The van der Waals surface area contributed by atoms with E-state index in [0.717, 1.165) is 16.9 Å². The summed E-state index contributed by atoms with van der Waals surface area (Å²) in [5, 5.41) is 10.9. The van der Waals surface area contributed by atoms with Crippen molar-refractivity contribution in [2.24, 2.45) is 0 Å². The van der Waals surface area contributed by atoms with Gasteiger partial charge in [-0.15, -0.1) is 5.10 Å². The molecular formula is C18H13N3. The molecule has 0 spiro atoms. The maximum absolute atomic E-state index is 4.28. The third kappa shape index (κ3) is 2.19. The van der Waals surface area contributed by atoms with Crippen LogP contribution in [-0.2, 0) is 0 Å². The number of benzene rings is 3. The number of aromatic nitrogens is 3. The van der Waals surface area contributed by atoms with Crippen molar-refractivity contribution in [2.75, 3.05) is 0 Å². The van der Waals surface area contributed by atoms with Crippen LogP contribution in [0.2, 0.25) is 0 Å². The zero-order chi connectivity index (χ0) is 14.1. The van der Waals surface area contributed by atoms with Crippen molar-refractivity contribution in [1.29, 1.82) is 0 Å². The summed E-state index contributed by atoms with van der Waals surface area (Å²) in [6.07, 6.45) is 1.96. The van der Waals surface area contributed by atoms with E-state index in [1.54, 1.807) is 4.68 Å². The Labute approximate surface area is 122 Å². The van der Waals surface area contributed by atoms with Crippen molar-refractivity contribution >= 4 is 10.8 Å². The molecule has 0 atom stereocenters. The van der Waals surface area contributed by atoms with Crippen molar-refractivity contribution in [2.45, 2.75) is 0 Å². The highest BCUT2D eigenvalue weighted by atomic mass is 15.4. The highest BCUT2D eigenvalue weighted by Crippen LogP contribution is 2.23. The first-order valence-electron chi connectivity index (χ1n) is 6.87. The normalized spacial score (nSPS) is 10.9. The molecule has 0 N–H and O–H groups in total. The van der Waals surface area contributed by atoms with Gasteiger partial charge in [0.25, 0.3) is 0 Å². The molecule has 3 heteroatoms. The van der Waals surface area contributed by atoms with E-state index in [9.17, 15) is 0 Å². The molecule has 0 fully saturated rings. The topological polar surface area (TPSA) is 30.7 Å². The van der Waals surface area contributed by atoms with Gasteiger partial charge in [0.05, 0.1) is 11.9 Å². The quantitative estimate of drug-likeness (QED) is 0.550. The van der Waals surface area contributed by atoms with Gasteiger partial charge in [-0.3, -0.25) is 0 Å². The molecule has 21 heavy (non-hydrogen) atoms. The van der Waals surface area contributed by atoms with Gasteiger partial charge in [0.1, 0.15) is 5.69 Å². The summed E-state index contributed by atoms with van der Waals surface area (Å²) in [5.74, 6) is 0. The minimum absolute atomic E-state index is 0.879. The predicted molar refractivity (Wildman–Crippen MR) is 84.3 cm³/mol. The molecular weight excluding hydrogens is 258 g/mol. The standard InChI is InChI=1S/C18H13N3/c1-2-8-17(9-3-1)21-13-18(19-20-21)16-11-10-14-6-4-5-7-15(14)12-16/h1-13H. The number of para-hydroxylation sites is 1. The molecule has 0 saturated heterocycles. The maximum Gasteiger partial charge on any atom is 0.113 e. The lowest BCUT2D eigenvalue weighted by Gasteiger charge is -2.00. The first-order chi connectivity index (χ1) is 10.4. The fourth-order valence-corrected chi connectivity index (χ4v) is 2.45. The third-order valence-electron chi connectivity index (χ3n) is 3.56. The van der Waals surface area contributed by atoms with Crippen LogP contribution in [0, 0.1) is 0 Å². The summed E-state index contributed by atoms with van der Waals surface area (Å²) in [4.78, 5) is 0. The van der Waals surface area contributed by atoms with Gasteiger partial charge in [-0.1, -0.05) is 59.8 Å². The molecule has 0 aliphatic rings. The van der Waals surface area contributed by atoms with Gasteiger partial charge in [0.15, 0.2) is 0 Å². The van der Waals surface area contributed by atoms with Crippen LogP contribution in [0.4, 0.5) is 0 Å². The predicted octanol–water partition coefficient (Wildman–Crippen LogP) is 4.09. The zero-order valence-corrected chi connectivity index (χ0v) is 11.3. The second-order valence-electron chi connectivity index (χ2n) is 4.95. The van der Waals surface area contributed by atoms with E-state index in [1.165, 1.54) is 10.8 Å². The Bertz CT molecular complexity index is 894. The van der Waals surface area contributed by atoms with Crippen molar-refractivity contribution < 1.29 is 0 Å². The summed E-state index contributed by atoms with van der Waals surface area (Å²) in [6, 6.07) is 24.7. The van der Waals surface area contributed by atoms with Crippen LogP contribution in [0.25, 0.3) is 27.7 Å². The summed E-state index contributed by atoms with van der Waals surface area (Å²) in [7, 11) is 0. The van der Waals surface area contributed by atoms with Crippen LogP contribution in [-0.4, -0.2) is 15.0 Å². The molecule has 0 unspecified atom stereocenters. The number of fused-ring (bicyclic) bond motifs is 1. The van der Waals surface area contributed by atoms with Crippen molar-refractivity contribution in [3.8, 4) is 16.9 Å². The molecule has 0 saturated carbocycles. The van der Waals surface area contributed by atoms with Crippen LogP contribution in [0.15, 0.2) is 79.0 Å². The van der Waals surface area contributed by atoms with Gasteiger partial charge in [0.2, 0.25) is 0 Å². The summed E-state index contributed by atoms with van der Waals surface area (Å²) < 4.78 is 1.80. The van der Waals surface area contributed by atoms with E-state index >= 15 is 0 Å². The minimum atomic E-state index is 0.879. The molecule has 0 radical (unpaired) electrons. The Morgan fingerprint density at radius 3 is 2.33 bits per heavy atom. The Kier molecular flexibility index (Phi) is 2.75. The average molecular weight is 271 g/mol. The van der Waals surface area contributed by atoms with Crippen LogP contribution in [0.3, 0.4) is 0 Å². The van der Waals surface area contributed by atoms with Crippen molar-refractivity contribution in [3.05, 3.63) is 79.0 Å². The Morgan fingerprint density at radius 1 is 0.714 bits per heavy atom. The fraction of sp³-hybridized carbons (Fsp3) is 0. The molecule has 1 aromatic heterocycles. The Morgan fingerprint density at radius 2 is 1.48 bits per heavy atom. The molecule has 0 bridgehead atoms. The molecule has 0 aliphatic carbocycles. The monoisotopic (exact) mass is 271 g/mol. The summed E-state index contributed by atoms with van der Waals surface area (Å²) in [5.41, 5.74) is 2.97. The van der Waals surface area contributed by atoms with Gasteiger partial charge in [0, 0.05) is 5.56 Å². The molecule has 100 valence electrons. The maximum atomic E-state index is 4.28. The second kappa shape index (κ2) is 4.87. The number of hydrogen-bond donors (Lipinski definition) is 0. The highest BCUT2D eigenvalue weighted by Gasteiger charge is 2.05. The molecule has 0 amide bonds. The van der Waals surface area contributed by atoms with E-state index in [2.05, 4.69) is 40.6 Å². The largest absolute Gasteiger partial charge is 0.220 e. The molecule has 4 aromatic rings. The van der Waals surface area contributed by atoms with Crippen molar-refractivity contribution in [3.63, 3.8) is 0 Å². The lowest BCUT2D eigenvalue weighted by molar-refractivity contribution is 0.804. The van der Waals surface area contributed by atoms with Gasteiger partial charge in [-0.05, 0) is 29.0 Å². The van der Waals surface area contributed by atoms with Crippen molar-refractivity contribution in [1.82, 2.24) is 15.0 Å². The summed E-state index contributed by atoms with van der Waals surface area (Å²) >= 11 is 0. The molecule has 0 aliphatic heterocycles. The van der Waals surface area contributed by atoms with E-state index < -0.39 is 0 Å². The van der Waals surface area contributed by atoms with Crippen LogP contribution >= 0.6 is 0 Å². The second-order valence-corrected chi connectivity index (χ2v) is 4.95. The highest BCUT2D eigenvalue weighted by molar-refractivity contribution is 5.86. The smallest absolute Gasteiger partial charge is 0.113 e. The number of rotatable bonds is 2. The van der Waals surface area contributed by atoms with E-state index in [1.807, 2.05) is 48.7 Å². The van der Waals surface area contributed by atoms with Crippen LogP contribution < -0.4 is 0 Å². The van der Waals surface area contributed by atoms with Gasteiger partial charge in [-0.25, -0.2) is 4.68 Å². The number of hydrogen-bond acceptors (Lipinski definition) is 2. The van der Waals surface area contributed by atoms with E-state index in [-0.39, 0.29) is 0 Å². The van der Waals surface area contributed by atoms with E-state index in [0.29, 0.717) is 0 Å². The van der Waals surface area contributed by atoms with E-state index in [4.69, 9.17) is 0 Å². The van der Waals surface area contributed by atoms with Gasteiger partial charge in [-0.2, -0.15) is 0 Å². The third-order valence-corrected chi connectivity index (χ3v) is 3.56. The zero-order valence-electron chi connectivity index (χ0n) is 11.3. The molecule has 1 heterocycles.